The predicted molar refractivity (Wildman–Crippen MR) is 87.3 cm³/mol. The van der Waals surface area contributed by atoms with Crippen LogP contribution in [0.2, 0.25) is 0 Å². The number of hydrogen-bond acceptors (Lipinski definition) is 5. The number of ether oxygens (including phenoxy) is 1. The molecule has 0 atom stereocenters. The number of amides is 2. The average Bonchev–Trinajstić information content (AvgIpc) is 2.60. The van der Waals surface area contributed by atoms with E-state index < -0.39 is 30.3 Å². The van der Waals surface area contributed by atoms with Gasteiger partial charge in [0.15, 0.2) is 6.61 Å². The van der Waals surface area contributed by atoms with Gasteiger partial charge in [0, 0.05) is 25.8 Å². The molecule has 10 heteroatoms. The molecule has 26 heavy (non-hydrogen) atoms. The number of piperidine rings is 1. The van der Waals surface area contributed by atoms with E-state index >= 15 is 0 Å². The van der Waals surface area contributed by atoms with Crippen molar-refractivity contribution >= 4 is 17.8 Å². The molecular weight excluding hydrogens is 353 g/mol. The molecule has 1 fully saturated rings. The van der Waals surface area contributed by atoms with Gasteiger partial charge >= 0.3 is 12.3 Å². The fourth-order valence-electron chi connectivity index (χ4n) is 2.78. The molecule has 1 aliphatic rings. The third kappa shape index (κ3) is 6.08. The predicted octanol–water partition coefficient (Wildman–Crippen LogP) is 1.92. The van der Waals surface area contributed by atoms with Crippen molar-refractivity contribution in [1.29, 1.82) is 0 Å². The lowest BCUT2D eigenvalue weighted by Crippen LogP contribution is -2.36. The van der Waals surface area contributed by atoms with E-state index in [4.69, 9.17) is 5.73 Å². The summed E-state index contributed by atoms with van der Waals surface area (Å²) in [6, 6.07) is 2.02. The second-order valence-corrected chi connectivity index (χ2v) is 6.09. The van der Waals surface area contributed by atoms with Gasteiger partial charge in [0.1, 0.15) is 5.82 Å². The summed E-state index contributed by atoms with van der Waals surface area (Å²) in [5.41, 5.74) is 4.16. The van der Waals surface area contributed by atoms with Gasteiger partial charge < -0.3 is 20.7 Å². The third-order valence-corrected chi connectivity index (χ3v) is 4.18. The molecule has 1 saturated heterocycles. The van der Waals surface area contributed by atoms with Crippen LogP contribution in [0.5, 0.6) is 0 Å². The van der Waals surface area contributed by atoms with Crippen molar-refractivity contribution in [2.75, 3.05) is 31.1 Å². The van der Waals surface area contributed by atoms with Gasteiger partial charge in [-0.25, -0.2) is 9.78 Å². The molecule has 144 valence electrons. The summed E-state index contributed by atoms with van der Waals surface area (Å²) in [7, 11) is 0. The standard InChI is InChI=1S/C16H21F3N4O3/c17-16(18,19)12-2-6-21-14(9-12)23-7-3-11(4-8-23)1-5-22-15(25)26-10-13(20)24/h2,6,9,11H,1,3-5,7-8,10H2,(H2,20,24)(H,22,25). The third-order valence-electron chi connectivity index (χ3n) is 4.18. The Kier molecular flexibility index (Phi) is 6.64. The molecule has 1 aromatic rings. The highest BCUT2D eigenvalue weighted by Gasteiger charge is 2.31. The maximum atomic E-state index is 12.8. The second kappa shape index (κ2) is 8.72. The van der Waals surface area contributed by atoms with E-state index in [0.717, 1.165) is 31.4 Å². The minimum Gasteiger partial charge on any atom is -0.439 e. The van der Waals surface area contributed by atoms with Gasteiger partial charge in [0.25, 0.3) is 5.91 Å². The van der Waals surface area contributed by atoms with Crippen LogP contribution in [0.4, 0.5) is 23.8 Å². The first-order chi connectivity index (χ1) is 12.3. The SMILES string of the molecule is NC(=O)COC(=O)NCCC1CCN(c2cc(C(F)(F)F)ccn2)CC1. The van der Waals surface area contributed by atoms with Gasteiger partial charge in [-0.2, -0.15) is 13.2 Å². The van der Waals surface area contributed by atoms with Gasteiger partial charge in [0.2, 0.25) is 0 Å². The molecule has 1 aliphatic heterocycles. The minimum absolute atomic E-state index is 0.325. The Labute approximate surface area is 148 Å². The number of nitrogens with two attached hydrogens (primary N) is 1. The first-order valence-electron chi connectivity index (χ1n) is 8.23. The summed E-state index contributed by atoms with van der Waals surface area (Å²) in [6.45, 7) is 1.13. The molecule has 0 aromatic carbocycles. The highest BCUT2D eigenvalue weighted by atomic mass is 19.4. The van der Waals surface area contributed by atoms with Crippen LogP contribution in [0.1, 0.15) is 24.8 Å². The Morgan fingerprint density at radius 3 is 2.65 bits per heavy atom. The van der Waals surface area contributed by atoms with E-state index in [-0.39, 0.29) is 0 Å². The Morgan fingerprint density at radius 1 is 1.35 bits per heavy atom. The number of aromatic nitrogens is 1. The number of carbonyl (C=O) groups excluding carboxylic acids is 2. The van der Waals surface area contributed by atoms with Gasteiger partial charge in [-0.05, 0) is 37.3 Å². The number of hydrogen-bond donors (Lipinski definition) is 2. The van der Waals surface area contributed by atoms with Crippen LogP contribution in [-0.2, 0) is 15.7 Å². The van der Waals surface area contributed by atoms with Crippen molar-refractivity contribution in [3.05, 3.63) is 23.9 Å². The molecule has 2 heterocycles. The highest BCUT2D eigenvalue weighted by molar-refractivity contribution is 5.78. The molecule has 0 aliphatic carbocycles. The van der Waals surface area contributed by atoms with Crippen LogP contribution >= 0.6 is 0 Å². The van der Waals surface area contributed by atoms with Crippen molar-refractivity contribution < 1.29 is 27.5 Å². The van der Waals surface area contributed by atoms with Gasteiger partial charge in [0.05, 0.1) is 5.56 Å². The number of primary amides is 1. The number of carbonyl (C=O) groups is 2. The molecule has 0 radical (unpaired) electrons. The highest BCUT2D eigenvalue weighted by Crippen LogP contribution is 2.31. The van der Waals surface area contributed by atoms with Crippen molar-refractivity contribution in [3.8, 4) is 0 Å². The lowest BCUT2D eigenvalue weighted by molar-refractivity contribution is -0.137. The smallest absolute Gasteiger partial charge is 0.416 e. The summed E-state index contributed by atoms with van der Waals surface area (Å²) in [6.07, 6.45) is -1.62. The summed E-state index contributed by atoms with van der Waals surface area (Å²) in [4.78, 5) is 27.7. The zero-order valence-corrected chi connectivity index (χ0v) is 14.1. The van der Waals surface area contributed by atoms with Crippen LogP contribution in [0, 0.1) is 5.92 Å². The van der Waals surface area contributed by atoms with Crippen molar-refractivity contribution in [3.63, 3.8) is 0 Å². The molecular formula is C16H21F3N4O3. The number of rotatable bonds is 6. The molecule has 0 spiro atoms. The summed E-state index contributed by atoms with van der Waals surface area (Å²) in [5, 5.41) is 2.53. The summed E-state index contributed by atoms with van der Waals surface area (Å²) in [5.74, 6) is -0.0596. The van der Waals surface area contributed by atoms with Crippen LogP contribution in [0.25, 0.3) is 0 Å². The second-order valence-electron chi connectivity index (χ2n) is 6.09. The van der Waals surface area contributed by atoms with E-state index in [2.05, 4.69) is 15.0 Å². The molecule has 1 aromatic heterocycles. The number of halogens is 3. The van der Waals surface area contributed by atoms with Crippen LogP contribution < -0.4 is 16.0 Å². The Hall–Kier alpha value is -2.52. The fourth-order valence-corrected chi connectivity index (χ4v) is 2.78. The molecule has 0 bridgehead atoms. The van der Waals surface area contributed by atoms with Gasteiger partial charge in [-0.3, -0.25) is 4.79 Å². The number of nitrogens with one attached hydrogen (secondary N) is 1. The number of alkyl halides is 3. The number of anilines is 1. The maximum Gasteiger partial charge on any atom is 0.416 e. The van der Waals surface area contributed by atoms with Crippen molar-refractivity contribution in [2.24, 2.45) is 11.7 Å². The quantitative estimate of drug-likeness (QED) is 0.793. The normalized spacial score (nSPS) is 15.6. The Morgan fingerprint density at radius 2 is 2.04 bits per heavy atom. The number of nitrogens with zero attached hydrogens (tertiary/aromatic N) is 2. The van der Waals surface area contributed by atoms with E-state index in [1.165, 1.54) is 6.20 Å². The van der Waals surface area contributed by atoms with Gasteiger partial charge in [-0.15, -0.1) is 0 Å². The monoisotopic (exact) mass is 374 g/mol. The van der Waals surface area contributed by atoms with Crippen molar-refractivity contribution in [2.45, 2.75) is 25.4 Å². The molecule has 0 unspecified atom stereocenters. The maximum absolute atomic E-state index is 12.8. The first-order valence-corrected chi connectivity index (χ1v) is 8.23. The topological polar surface area (TPSA) is 97.6 Å². The van der Waals surface area contributed by atoms with Crippen LogP contribution in [0.3, 0.4) is 0 Å². The first kappa shape index (κ1) is 19.8. The molecule has 7 nitrogen and oxygen atoms in total. The zero-order chi connectivity index (χ0) is 19.2. The van der Waals surface area contributed by atoms with Crippen LogP contribution in [0.15, 0.2) is 18.3 Å². The van der Waals surface area contributed by atoms with Crippen molar-refractivity contribution in [1.82, 2.24) is 10.3 Å². The zero-order valence-electron chi connectivity index (χ0n) is 14.1. The average molecular weight is 374 g/mol. The van der Waals surface area contributed by atoms with E-state index in [1.54, 1.807) is 0 Å². The lowest BCUT2D eigenvalue weighted by atomic mass is 9.93. The Bertz CT molecular complexity index is 631. The largest absolute Gasteiger partial charge is 0.439 e. The number of alkyl carbamates (subject to hydrolysis) is 1. The van der Waals surface area contributed by atoms with E-state index in [0.29, 0.717) is 31.4 Å². The van der Waals surface area contributed by atoms with E-state index in [9.17, 15) is 22.8 Å². The Balaban J connectivity index is 1.74. The summed E-state index contributed by atoms with van der Waals surface area (Å²) >= 11 is 0. The molecule has 2 rings (SSSR count). The minimum atomic E-state index is -4.38. The van der Waals surface area contributed by atoms with E-state index in [1.807, 2.05) is 4.90 Å². The fraction of sp³-hybridized carbons (Fsp3) is 0.562. The molecule has 3 N–H and O–H groups in total. The lowest BCUT2D eigenvalue weighted by Gasteiger charge is -2.33. The molecule has 0 saturated carbocycles. The number of pyridine rings is 1. The summed E-state index contributed by atoms with van der Waals surface area (Å²) < 4.78 is 42.9. The van der Waals surface area contributed by atoms with Crippen LogP contribution in [-0.4, -0.2) is 43.2 Å². The van der Waals surface area contributed by atoms with Gasteiger partial charge in [-0.1, -0.05) is 0 Å². The molecule has 2 amide bonds.